The van der Waals surface area contributed by atoms with Gasteiger partial charge in [0.1, 0.15) is 6.10 Å². The third-order valence-corrected chi connectivity index (χ3v) is 7.15. The second-order valence-electron chi connectivity index (χ2n) is 10.5. The third-order valence-electron chi connectivity index (χ3n) is 7.15. The summed E-state index contributed by atoms with van der Waals surface area (Å²) in [6.07, 6.45) is 3.24. The zero-order valence-corrected chi connectivity index (χ0v) is 23.9. The molecule has 0 unspecified atom stereocenters. The maximum Gasteiger partial charge on any atom is 0.315 e. The van der Waals surface area contributed by atoms with Crippen LogP contribution in [0.25, 0.3) is 0 Å². The van der Waals surface area contributed by atoms with Gasteiger partial charge in [-0.1, -0.05) is 91.9 Å². The fourth-order valence-corrected chi connectivity index (χ4v) is 4.83. The number of ketones is 1. The van der Waals surface area contributed by atoms with Crippen LogP contribution in [0, 0.1) is 0 Å². The molecule has 5 nitrogen and oxygen atoms in total. The molecular weight excluding hydrogens is 486 g/mol. The molecule has 5 heteroatoms. The number of carbonyl (C=O) groups excluding carboxylic acids is 2. The summed E-state index contributed by atoms with van der Waals surface area (Å²) in [6.45, 7) is 9.34. The van der Waals surface area contributed by atoms with E-state index in [2.05, 4.69) is 60.4 Å². The van der Waals surface area contributed by atoms with Gasteiger partial charge in [-0.05, 0) is 62.9 Å². The minimum absolute atomic E-state index is 0.0748. The molecule has 208 valence electrons. The Bertz CT molecular complexity index is 1100. The van der Waals surface area contributed by atoms with Crippen LogP contribution in [-0.2, 0) is 19.7 Å². The number of hydrogen-bond acceptors (Lipinski definition) is 5. The highest BCUT2D eigenvalue weighted by Gasteiger charge is 2.30. The minimum Gasteiger partial charge on any atom is -0.468 e. The van der Waals surface area contributed by atoms with Crippen LogP contribution in [0.5, 0.6) is 0 Å². The summed E-state index contributed by atoms with van der Waals surface area (Å²) < 4.78 is 11.3. The van der Waals surface area contributed by atoms with E-state index in [-0.39, 0.29) is 17.9 Å². The smallest absolute Gasteiger partial charge is 0.315 e. The van der Waals surface area contributed by atoms with Crippen LogP contribution < -0.4 is 0 Å². The van der Waals surface area contributed by atoms with Gasteiger partial charge in [0.15, 0.2) is 5.78 Å². The summed E-state index contributed by atoms with van der Waals surface area (Å²) in [5.74, 6) is -0.163. The first kappa shape index (κ1) is 30.3. The maximum atomic E-state index is 12.8. The molecule has 0 N–H and O–H groups in total. The van der Waals surface area contributed by atoms with Gasteiger partial charge in [-0.3, -0.25) is 9.59 Å². The Balaban J connectivity index is 1.47. The summed E-state index contributed by atoms with van der Waals surface area (Å²) >= 11 is 0. The van der Waals surface area contributed by atoms with Crippen molar-refractivity contribution in [1.29, 1.82) is 0 Å². The lowest BCUT2D eigenvalue weighted by Gasteiger charge is -2.23. The molecule has 0 aliphatic rings. The van der Waals surface area contributed by atoms with Crippen molar-refractivity contribution in [1.82, 2.24) is 4.90 Å². The van der Waals surface area contributed by atoms with E-state index in [9.17, 15) is 9.59 Å². The van der Waals surface area contributed by atoms with Gasteiger partial charge < -0.3 is 14.4 Å². The quantitative estimate of drug-likeness (QED) is 0.114. The average Bonchev–Trinajstić information content (AvgIpc) is 2.97. The number of rotatable bonds is 16. The lowest BCUT2D eigenvalue weighted by atomic mass is 9.84. The predicted molar refractivity (Wildman–Crippen MR) is 157 cm³/mol. The number of hydrogen-bond donors (Lipinski definition) is 0. The number of nitrogens with zero attached hydrogens (tertiary/aromatic N) is 1. The fraction of sp³-hybridized carbons (Fsp3) is 0.412. The Morgan fingerprint density at radius 3 is 1.90 bits per heavy atom. The molecular formula is C34H43NO4. The molecule has 3 aromatic carbocycles. The van der Waals surface area contributed by atoms with Crippen LogP contribution in [0.3, 0.4) is 0 Å². The van der Waals surface area contributed by atoms with Gasteiger partial charge in [0.2, 0.25) is 0 Å². The van der Waals surface area contributed by atoms with Crippen molar-refractivity contribution in [3.05, 3.63) is 107 Å². The summed E-state index contributed by atoms with van der Waals surface area (Å²) in [7, 11) is 1.39. The molecule has 0 amide bonds. The van der Waals surface area contributed by atoms with Gasteiger partial charge in [-0.2, -0.15) is 0 Å². The van der Waals surface area contributed by atoms with Gasteiger partial charge in [0, 0.05) is 25.1 Å². The average molecular weight is 530 g/mol. The van der Waals surface area contributed by atoms with Crippen LogP contribution in [0.4, 0.5) is 0 Å². The van der Waals surface area contributed by atoms with Crippen LogP contribution in [-0.4, -0.2) is 50.0 Å². The van der Waals surface area contributed by atoms with E-state index >= 15 is 0 Å². The van der Waals surface area contributed by atoms with E-state index in [0.717, 1.165) is 55.6 Å². The number of methoxy groups -OCH3 is 1. The Hall–Kier alpha value is -3.28. The number of benzene rings is 3. The molecule has 0 atom stereocenters. The standard InChI is InChI=1S/C34H43NO4/c1-5-23-35(24-12-18-31(36)27-19-21-30(22-20-27)34(2,3)33(37)38-4)25-13-26-39-32(28-14-8-6-9-15-28)29-16-10-7-11-17-29/h6-11,14-17,19-22,32H,5,12-13,18,23-26H2,1-4H3. The fourth-order valence-electron chi connectivity index (χ4n) is 4.83. The molecule has 39 heavy (non-hydrogen) atoms. The highest BCUT2D eigenvalue weighted by Crippen LogP contribution is 2.27. The molecule has 0 saturated carbocycles. The Labute approximate surface area is 234 Å². The minimum atomic E-state index is -0.747. The molecule has 0 radical (unpaired) electrons. The van der Waals surface area contributed by atoms with E-state index in [0.29, 0.717) is 18.6 Å². The number of carbonyl (C=O) groups is 2. The van der Waals surface area contributed by atoms with Crippen molar-refractivity contribution in [2.45, 2.75) is 58.0 Å². The van der Waals surface area contributed by atoms with Crippen molar-refractivity contribution in [3.63, 3.8) is 0 Å². The largest absolute Gasteiger partial charge is 0.468 e. The van der Waals surface area contributed by atoms with E-state index in [1.54, 1.807) is 0 Å². The van der Waals surface area contributed by atoms with Crippen LogP contribution in [0.15, 0.2) is 84.9 Å². The van der Waals surface area contributed by atoms with Gasteiger partial charge in [0.25, 0.3) is 0 Å². The summed E-state index contributed by atoms with van der Waals surface area (Å²) in [5.41, 5.74) is 3.10. The van der Waals surface area contributed by atoms with E-state index in [1.807, 2.05) is 50.2 Å². The Morgan fingerprint density at radius 2 is 1.36 bits per heavy atom. The van der Waals surface area contributed by atoms with E-state index in [1.165, 1.54) is 7.11 Å². The number of ether oxygens (including phenoxy) is 2. The van der Waals surface area contributed by atoms with Crippen molar-refractivity contribution in [2.24, 2.45) is 0 Å². The first-order valence-corrected chi connectivity index (χ1v) is 14.0. The first-order valence-electron chi connectivity index (χ1n) is 14.0. The molecule has 0 aliphatic carbocycles. The number of esters is 1. The second kappa shape index (κ2) is 15.3. The van der Waals surface area contributed by atoms with Crippen molar-refractivity contribution in [2.75, 3.05) is 33.4 Å². The summed E-state index contributed by atoms with van der Waals surface area (Å²) in [5, 5.41) is 0. The highest BCUT2D eigenvalue weighted by molar-refractivity contribution is 5.96. The third kappa shape index (κ3) is 8.87. The van der Waals surface area contributed by atoms with Gasteiger partial charge in [-0.25, -0.2) is 0 Å². The highest BCUT2D eigenvalue weighted by atomic mass is 16.5. The second-order valence-corrected chi connectivity index (χ2v) is 10.5. The molecule has 3 aromatic rings. The summed E-state index contributed by atoms with van der Waals surface area (Å²) in [6, 6.07) is 28.1. The lowest BCUT2D eigenvalue weighted by molar-refractivity contribution is -0.146. The van der Waals surface area contributed by atoms with Gasteiger partial charge in [-0.15, -0.1) is 0 Å². The van der Waals surface area contributed by atoms with Crippen LogP contribution in [0.2, 0.25) is 0 Å². The zero-order valence-electron chi connectivity index (χ0n) is 23.9. The van der Waals surface area contributed by atoms with E-state index < -0.39 is 5.41 Å². The topological polar surface area (TPSA) is 55.8 Å². The number of Topliss-reactive ketones (excluding diaryl/α,β-unsaturated/α-hetero) is 1. The van der Waals surface area contributed by atoms with Gasteiger partial charge in [0.05, 0.1) is 12.5 Å². The molecule has 0 heterocycles. The summed E-state index contributed by atoms with van der Waals surface area (Å²) in [4.78, 5) is 27.3. The Morgan fingerprint density at radius 1 is 0.795 bits per heavy atom. The van der Waals surface area contributed by atoms with Crippen molar-refractivity contribution in [3.8, 4) is 0 Å². The van der Waals surface area contributed by atoms with Crippen molar-refractivity contribution < 1.29 is 19.1 Å². The van der Waals surface area contributed by atoms with E-state index in [4.69, 9.17) is 9.47 Å². The molecule has 0 aromatic heterocycles. The monoisotopic (exact) mass is 529 g/mol. The maximum absolute atomic E-state index is 12.8. The SMILES string of the molecule is CCCN(CCCOC(c1ccccc1)c1ccccc1)CCCC(=O)c1ccc(C(C)(C)C(=O)OC)cc1. The first-order chi connectivity index (χ1) is 18.9. The molecule has 0 fully saturated rings. The van der Waals surface area contributed by atoms with Gasteiger partial charge >= 0.3 is 5.97 Å². The lowest BCUT2D eigenvalue weighted by Crippen LogP contribution is -2.30. The molecule has 3 rings (SSSR count). The Kier molecular flexibility index (Phi) is 11.9. The molecule has 0 bridgehead atoms. The molecule has 0 saturated heterocycles. The normalized spacial score (nSPS) is 11.6. The molecule has 0 spiro atoms. The molecule has 0 aliphatic heterocycles. The predicted octanol–water partition coefficient (Wildman–Crippen LogP) is 7.01. The zero-order chi connectivity index (χ0) is 28.1. The van der Waals surface area contributed by atoms with Crippen LogP contribution >= 0.6 is 0 Å². The van der Waals surface area contributed by atoms with Crippen LogP contribution in [0.1, 0.15) is 79.6 Å². The van der Waals surface area contributed by atoms with Crippen molar-refractivity contribution >= 4 is 11.8 Å².